The number of thiophene rings is 1. The second-order valence-corrected chi connectivity index (χ2v) is 6.92. The maximum absolute atomic E-state index is 12.6. The fourth-order valence-corrected chi connectivity index (χ4v) is 4.19. The number of ether oxygens (including phenoxy) is 1. The van der Waals surface area contributed by atoms with Gasteiger partial charge in [0.15, 0.2) is 0 Å². The number of carbonyl (C=O) groups excluding carboxylic acids is 2. The van der Waals surface area contributed by atoms with E-state index in [9.17, 15) is 14.9 Å². The van der Waals surface area contributed by atoms with Crippen molar-refractivity contribution in [3.63, 3.8) is 0 Å². The Kier molecular flexibility index (Phi) is 5.44. The normalized spacial score (nSPS) is 13.5. The molecule has 0 radical (unpaired) electrons. The molecule has 0 aliphatic heterocycles. The number of fused-ring (bicyclic) bond motifs is 1. The summed E-state index contributed by atoms with van der Waals surface area (Å²) in [5.41, 5.74) is 2.03. The highest BCUT2D eigenvalue weighted by molar-refractivity contribution is 7.17. The Morgan fingerprint density at radius 1 is 1.31 bits per heavy atom. The summed E-state index contributed by atoms with van der Waals surface area (Å²) in [6, 6.07) is 5.32. The summed E-state index contributed by atoms with van der Waals surface area (Å²) in [7, 11) is 1.32. The number of nitriles is 1. The van der Waals surface area contributed by atoms with Gasteiger partial charge in [-0.3, -0.25) is 9.78 Å². The summed E-state index contributed by atoms with van der Waals surface area (Å²) in [6.45, 7) is 0. The van der Waals surface area contributed by atoms with Gasteiger partial charge in [0.05, 0.1) is 12.7 Å². The van der Waals surface area contributed by atoms with Gasteiger partial charge in [0, 0.05) is 17.3 Å². The van der Waals surface area contributed by atoms with Crippen molar-refractivity contribution in [3.05, 3.63) is 51.7 Å². The molecule has 132 valence electrons. The van der Waals surface area contributed by atoms with Crippen molar-refractivity contribution in [3.8, 4) is 6.07 Å². The molecule has 1 amide bonds. The Balaban J connectivity index is 1.91. The quantitative estimate of drug-likeness (QED) is 0.508. The third kappa shape index (κ3) is 3.65. The summed E-state index contributed by atoms with van der Waals surface area (Å²) in [6.07, 6.45) is 8.41. The van der Waals surface area contributed by atoms with Crippen LogP contribution in [0.4, 0.5) is 5.00 Å². The molecule has 2 aromatic rings. The summed E-state index contributed by atoms with van der Waals surface area (Å²) in [5, 5.41) is 12.5. The highest BCUT2D eigenvalue weighted by Gasteiger charge is 2.27. The second-order valence-electron chi connectivity index (χ2n) is 5.81. The van der Waals surface area contributed by atoms with Gasteiger partial charge in [-0.15, -0.1) is 11.3 Å². The van der Waals surface area contributed by atoms with Crippen LogP contribution < -0.4 is 5.32 Å². The van der Waals surface area contributed by atoms with Gasteiger partial charge in [0.25, 0.3) is 5.91 Å². The minimum Gasteiger partial charge on any atom is -0.465 e. The molecule has 3 rings (SSSR count). The molecule has 1 N–H and O–H groups in total. The lowest BCUT2D eigenvalue weighted by molar-refractivity contribution is -0.112. The predicted molar refractivity (Wildman–Crippen MR) is 98.8 cm³/mol. The van der Waals surface area contributed by atoms with Crippen molar-refractivity contribution in [2.75, 3.05) is 12.4 Å². The number of nitrogens with zero attached hydrogens (tertiary/aromatic N) is 2. The number of methoxy groups -OCH3 is 1. The van der Waals surface area contributed by atoms with Gasteiger partial charge in [0.2, 0.25) is 0 Å². The number of esters is 1. The molecule has 0 saturated heterocycles. The maximum Gasteiger partial charge on any atom is 0.341 e. The third-order valence-electron chi connectivity index (χ3n) is 4.17. The highest BCUT2D eigenvalue weighted by atomic mass is 32.1. The molecule has 26 heavy (non-hydrogen) atoms. The maximum atomic E-state index is 12.6. The fraction of sp³-hybridized carbons (Fsp3) is 0.263. The number of anilines is 1. The highest BCUT2D eigenvalue weighted by Crippen LogP contribution is 2.38. The van der Waals surface area contributed by atoms with Crippen LogP contribution in [-0.2, 0) is 22.4 Å². The third-order valence-corrected chi connectivity index (χ3v) is 5.38. The Morgan fingerprint density at radius 2 is 2.04 bits per heavy atom. The number of amides is 1. The summed E-state index contributed by atoms with van der Waals surface area (Å²) >= 11 is 1.39. The molecule has 0 saturated carbocycles. The van der Waals surface area contributed by atoms with Crippen LogP contribution in [0.1, 0.15) is 39.2 Å². The molecule has 0 unspecified atom stereocenters. The van der Waals surface area contributed by atoms with E-state index in [1.165, 1.54) is 24.5 Å². The van der Waals surface area contributed by atoms with E-state index >= 15 is 0 Å². The topological polar surface area (TPSA) is 92.1 Å². The first-order valence-corrected chi connectivity index (χ1v) is 9.01. The van der Waals surface area contributed by atoms with Crippen LogP contribution in [0.15, 0.2) is 30.1 Å². The standard InChI is InChI=1S/C19H17N3O3S/c1-25-19(24)16-14-4-2-3-5-15(14)26-18(16)22-17(23)13(11-20)10-12-6-8-21-9-7-12/h6-10H,2-5H2,1H3,(H,22,23). The molecule has 0 spiro atoms. The van der Waals surface area contributed by atoms with Crippen molar-refractivity contribution in [2.45, 2.75) is 25.7 Å². The molecule has 2 aromatic heterocycles. The number of aryl methyl sites for hydroxylation is 1. The molecular formula is C19H17N3O3S. The van der Waals surface area contributed by atoms with Crippen molar-refractivity contribution in [1.82, 2.24) is 4.98 Å². The monoisotopic (exact) mass is 367 g/mol. The summed E-state index contributed by atoms with van der Waals surface area (Å²) in [5.74, 6) is -1.01. The lowest BCUT2D eigenvalue weighted by Gasteiger charge is -2.11. The molecule has 1 aliphatic carbocycles. The van der Waals surface area contributed by atoms with Crippen molar-refractivity contribution in [2.24, 2.45) is 0 Å². The molecular weight excluding hydrogens is 350 g/mol. The van der Waals surface area contributed by atoms with E-state index in [4.69, 9.17) is 4.74 Å². The number of carbonyl (C=O) groups is 2. The number of nitrogens with one attached hydrogen (secondary N) is 1. The first-order valence-electron chi connectivity index (χ1n) is 8.20. The zero-order valence-corrected chi connectivity index (χ0v) is 15.1. The average Bonchev–Trinajstić information content (AvgIpc) is 3.04. The first-order chi connectivity index (χ1) is 12.6. The number of hydrogen-bond acceptors (Lipinski definition) is 6. The largest absolute Gasteiger partial charge is 0.465 e. The summed E-state index contributed by atoms with van der Waals surface area (Å²) < 4.78 is 4.90. The summed E-state index contributed by atoms with van der Waals surface area (Å²) in [4.78, 5) is 29.8. The minimum atomic E-state index is -0.548. The van der Waals surface area contributed by atoms with Gasteiger partial charge in [-0.05, 0) is 55.0 Å². The predicted octanol–water partition coefficient (Wildman–Crippen LogP) is 3.35. The fourth-order valence-electron chi connectivity index (χ4n) is 2.92. The van der Waals surface area contributed by atoms with E-state index in [2.05, 4.69) is 10.3 Å². The van der Waals surface area contributed by atoms with Gasteiger partial charge in [0.1, 0.15) is 16.6 Å². The Hall–Kier alpha value is -2.98. The van der Waals surface area contributed by atoms with Crippen LogP contribution in [0, 0.1) is 11.3 Å². The Morgan fingerprint density at radius 3 is 2.73 bits per heavy atom. The van der Waals surface area contributed by atoms with Crippen LogP contribution in [0.3, 0.4) is 0 Å². The molecule has 2 heterocycles. The van der Waals surface area contributed by atoms with Crippen LogP contribution in [0.2, 0.25) is 0 Å². The van der Waals surface area contributed by atoms with Crippen LogP contribution in [-0.4, -0.2) is 24.0 Å². The number of pyridine rings is 1. The molecule has 0 fully saturated rings. The van der Waals surface area contributed by atoms with Crippen LogP contribution in [0.25, 0.3) is 6.08 Å². The molecule has 0 bridgehead atoms. The zero-order chi connectivity index (χ0) is 18.5. The Labute approximate surface area is 155 Å². The first kappa shape index (κ1) is 17.8. The minimum absolute atomic E-state index is 0.0432. The number of aromatic nitrogens is 1. The van der Waals surface area contributed by atoms with Gasteiger partial charge >= 0.3 is 5.97 Å². The van der Waals surface area contributed by atoms with Gasteiger partial charge in [-0.2, -0.15) is 5.26 Å². The lowest BCUT2D eigenvalue weighted by Crippen LogP contribution is -2.16. The van der Waals surface area contributed by atoms with E-state index in [-0.39, 0.29) is 5.57 Å². The van der Waals surface area contributed by atoms with Crippen molar-refractivity contribution >= 4 is 34.3 Å². The molecule has 0 atom stereocenters. The number of hydrogen-bond donors (Lipinski definition) is 1. The molecule has 0 aromatic carbocycles. The van der Waals surface area contributed by atoms with E-state index in [1.807, 2.05) is 6.07 Å². The molecule has 7 heteroatoms. The van der Waals surface area contributed by atoms with Gasteiger partial charge < -0.3 is 10.1 Å². The van der Waals surface area contributed by atoms with Crippen molar-refractivity contribution in [1.29, 1.82) is 5.26 Å². The van der Waals surface area contributed by atoms with E-state index in [0.29, 0.717) is 16.1 Å². The van der Waals surface area contributed by atoms with E-state index < -0.39 is 11.9 Å². The van der Waals surface area contributed by atoms with E-state index in [0.717, 1.165) is 36.1 Å². The lowest BCUT2D eigenvalue weighted by atomic mass is 9.95. The van der Waals surface area contributed by atoms with E-state index in [1.54, 1.807) is 24.5 Å². The molecule has 1 aliphatic rings. The van der Waals surface area contributed by atoms with Gasteiger partial charge in [-0.25, -0.2) is 4.79 Å². The Bertz CT molecular complexity index is 910. The molecule has 6 nitrogen and oxygen atoms in total. The average molecular weight is 367 g/mol. The SMILES string of the molecule is COC(=O)c1c(NC(=O)C(C#N)=Cc2ccncc2)sc2c1CCCC2. The van der Waals surface area contributed by atoms with Gasteiger partial charge in [-0.1, -0.05) is 0 Å². The van der Waals surface area contributed by atoms with Crippen LogP contribution >= 0.6 is 11.3 Å². The van der Waals surface area contributed by atoms with Crippen LogP contribution in [0.5, 0.6) is 0 Å². The smallest absolute Gasteiger partial charge is 0.341 e. The van der Waals surface area contributed by atoms with Crippen molar-refractivity contribution < 1.29 is 14.3 Å². The second kappa shape index (κ2) is 7.93. The zero-order valence-electron chi connectivity index (χ0n) is 14.2. The number of rotatable bonds is 4.